The summed E-state index contributed by atoms with van der Waals surface area (Å²) in [5.74, 6) is 0.750. The van der Waals surface area contributed by atoms with Crippen molar-refractivity contribution in [3.8, 4) is 5.75 Å². The van der Waals surface area contributed by atoms with Gasteiger partial charge in [0.2, 0.25) is 16.9 Å². The maximum absolute atomic E-state index is 12.6. The van der Waals surface area contributed by atoms with Gasteiger partial charge in [0.15, 0.2) is 0 Å². The number of amides is 2. The van der Waals surface area contributed by atoms with E-state index in [0.29, 0.717) is 30.9 Å². The fourth-order valence-electron chi connectivity index (χ4n) is 3.72. The number of nitrogens with one attached hydrogen (secondary N) is 1. The Kier molecular flexibility index (Phi) is 6.80. The van der Waals surface area contributed by atoms with Crippen LogP contribution in [0, 0.1) is 0 Å². The predicted molar refractivity (Wildman–Crippen MR) is 125 cm³/mol. The Labute approximate surface area is 191 Å². The van der Waals surface area contributed by atoms with Crippen molar-refractivity contribution in [2.75, 3.05) is 23.9 Å². The van der Waals surface area contributed by atoms with Gasteiger partial charge in [-0.3, -0.25) is 9.59 Å². The van der Waals surface area contributed by atoms with Gasteiger partial charge in [-0.05, 0) is 48.2 Å². The summed E-state index contributed by atoms with van der Waals surface area (Å²) in [4.78, 5) is 26.7. The normalized spacial score (nSPS) is 15.8. The van der Waals surface area contributed by atoms with Crippen molar-refractivity contribution in [1.82, 2.24) is 10.2 Å². The molecule has 166 valence electrons. The average Bonchev–Trinajstić information content (AvgIpc) is 3.44. The third kappa shape index (κ3) is 5.13. The maximum atomic E-state index is 12.6. The first kappa shape index (κ1) is 22.0. The van der Waals surface area contributed by atoms with E-state index in [1.54, 1.807) is 12.0 Å². The molecule has 1 aromatic heterocycles. The smallest absolute Gasteiger partial charge is 0.227 e. The molecule has 1 fully saturated rings. The van der Waals surface area contributed by atoms with E-state index in [-0.39, 0.29) is 17.7 Å². The number of aryl methyl sites for hydroxylation is 2. The largest absolute Gasteiger partial charge is 0.497 e. The second-order valence-electron chi connectivity index (χ2n) is 7.77. The minimum Gasteiger partial charge on any atom is -0.497 e. The SMILES string of the molecule is CCc1ccc(N2C[C@H](c3nnc(NC(=O)CCc4ccc(OC)cc4)s3)CC2=O)cc1. The van der Waals surface area contributed by atoms with E-state index < -0.39 is 0 Å². The van der Waals surface area contributed by atoms with Crippen molar-refractivity contribution in [3.05, 3.63) is 64.7 Å². The number of nitrogens with zero attached hydrogens (tertiary/aromatic N) is 3. The van der Waals surface area contributed by atoms with Crippen LogP contribution in [-0.4, -0.2) is 35.7 Å². The van der Waals surface area contributed by atoms with Gasteiger partial charge in [0.1, 0.15) is 10.8 Å². The zero-order valence-electron chi connectivity index (χ0n) is 18.2. The third-order valence-electron chi connectivity index (χ3n) is 5.62. The van der Waals surface area contributed by atoms with Gasteiger partial charge < -0.3 is 15.0 Å². The summed E-state index contributed by atoms with van der Waals surface area (Å²) in [6.45, 7) is 2.68. The highest BCUT2D eigenvalue weighted by Crippen LogP contribution is 2.34. The number of carbonyl (C=O) groups excluding carboxylic acids is 2. The summed E-state index contributed by atoms with van der Waals surface area (Å²) < 4.78 is 5.15. The molecule has 7 nitrogen and oxygen atoms in total. The van der Waals surface area contributed by atoms with E-state index >= 15 is 0 Å². The summed E-state index contributed by atoms with van der Waals surface area (Å²) >= 11 is 1.34. The molecule has 3 aromatic rings. The molecule has 32 heavy (non-hydrogen) atoms. The van der Waals surface area contributed by atoms with Gasteiger partial charge in [0, 0.05) is 31.0 Å². The average molecular weight is 451 g/mol. The lowest BCUT2D eigenvalue weighted by atomic mass is 10.1. The quantitative estimate of drug-likeness (QED) is 0.556. The Morgan fingerprint density at radius 1 is 1.12 bits per heavy atom. The van der Waals surface area contributed by atoms with Crippen molar-refractivity contribution < 1.29 is 14.3 Å². The summed E-state index contributed by atoms with van der Waals surface area (Å²) in [5, 5.41) is 12.4. The number of aromatic nitrogens is 2. The second-order valence-corrected chi connectivity index (χ2v) is 8.78. The molecule has 1 aliphatic rings. The van der Waals surface area contributed by atoms with Crippen LogP contribution in [0.15, 0.2) is 48.5 Å². The van der Waals surface area contributed by atoms with Gasteiger partial charge in [-0.15, -0.1) is 10.2 Å². The zero-order chi connectivity index (χ0) is 22.5. The van der Waals surface area contributed by atoms with E-state index in [2.05, 4.69) is 34.6 Å². The molecule has 0 radical (unpaired) electrons. The fourth-order valence-corrected chi connectivity index (χ4v) is 4.57. The van der Waals surface area contributed by atoms with Crippen LogP contribution in [0.3, 0.4) is 0 Å². The van der Waals surface area contributed by atoms with Crippen LogP contribution < -0.4 is 15.0 Å². The lowest BCUT2D eigenvalue weighted by Crippen LogP contribution is -2.24. The van der Waals surface area contributed by atoms with Gasteiger partial charge in [0.25, 0.3) is 0 Å². The van der Waals surface area contributed by atoms with E-state index in [4.69, 9.17) is 4.74 Å². The molecule has 0 saturated carbocycles. The molecule has 2 aromatic carbocycles. The van der Waals surface area contributed by atoms with Crippen molar-refractivity contribution in [3.63, 3.8) is 0 Å². The highest BCUT2D eigenvalue weighted by molar-refractivity contribution is 7.15. The number of methoxy groups -OCH3 is 1. The predicted octanol–water partition coefficient (Wildman–Crippen LogP) is 4.20. The molecule has 4 rings (SSSR count). The lowest BCUT2D eigenvalue weighted by Gasteiger charge is -2.16. The van der Waals surface area contributed by atoms with Crippen LogP contribution in [0.25, 0.3) is 0 Å². The van der Waals surface area contributed by atoms with Gasteiger partial charge >= 0.3 is 0 Å². The maximum Gasteiger partial charge on any atom is 0.227 e. The monoisotopic (exact) mass is 450 g/mol. The molecule has 2 heterocycles. The standard InChI is InChI=1S/C24H26N4O3S/c1-3-16-4-9-19(10-5-16)28-15-18(14-22(28)30)23-26-27-24(32-23)25-21(29)13-8-17-6-11-20(31-2)12-7-17/h4-7,9-12,18H,3,8,13-15H2,1-2H3,(H,25,27,29)/t18-/m1/s1. The lowest BCUT2D eigenvalue weighted by molar-refractivity contribution is -0.117. The fraction of sp³-hybridized carbons (Fsp3) is 0.333. The number of ether oxygens (including phenoxy) is 1. The van der Waals surface area contributed by atoms with Crippen molar-refractivity contribution in [2.45, 2.75) is 38.5 Å². The first-order valence-electron chi connectivity index (χ1n) is 10.7. The number of rotatable bonds is 8. The molecule has 1 atom stereocenters. The Morgan fingerprint density at radius 3 is 2.53 bits per heavy atom. The minimum atomic E-state index is -0.108. The van der Waals surface area contributed by atoms with Crippen LogP contribution in [0.2, 0.25) is 0 Å². The summed E-state index contributed by atoms with van der Waals surface area (Å²) in [6, 6.07) is 15.8. The molecule has 0 spiro atoms. The van der Waals surface area contributed by atoms with E-state index in [9.17, 15) is 9.59 Å². The molecule has 1 N–H and O–H groups in total. The minimum absolute atomic E-state index is 0.0178. The van der Waals surface area contributed by atoms with Crippen LogP contribution >= 0.6 is 11.3 Å². The number of hydrogen-bond acceptors (Lipinski definition) is 6. The second kappa shape index (κ2) is 9.91. The zero-order valence-corrected chi connectivity index (χ0v) is 19.0. The number of anilines is 2. The molecule has 8 heteroatoms. The van der Waals surface area contributed by atoms with Gasteiger partial charge in [-0.1, -0.05) is 42.5 Å². The third-order valence-corrected chi connectivity index (χ3v) is 6.62. The molecule has 2 amide bonds. The Balaban J connectivity index is 1.31. The highest BCUT2D eigenvalue weighted by Gasteiger charge is 2.34. The molecular formula is C24H26N4O3S. The first-order chi connectivity index (χ1) is 15.6. The summed E-state index contributed by atoms with van der Waals surface area (Å²) in [6.07, 6.45) is 2.35. The van der Waals surface area contributed by atoms with E-state index in [0.717, 1.165) is 28.4 Å². The van der Waals surface area contributed by atoms with Gasteiger partial charge in [0.05, 0.1) is 7.11 Å². The highest BCUT2D eigenvalue weighted by atomic mass is 32.1. The van der Waals surface area contributed by atoms with Crippen LogP contribution in [0.1, 0.15) is 41.8 Å². The molecule has 1 aliphatic heterocycles. The van der Waals surface area contributed by atoms with Crippen molar-refractivity contribution >= 4 is 34.0 Å². The topological polar surface area (TPSA) is 84.4 Å². The van der Waals surface area contributed by atoms with Crippen LogP contribution in [0.4, 0.5) is 10.8 Å². The Bertz CT molecular complexity index is 1080. The van der Waals surface area contributed by atoms with Crippen molar-refractivity contribution in [1.29, 1.82) is 0 Å². The molecule has 0 aliphatic carbocycles. The molecule has 1 saturated heterocycles. The van der Waals surface area contributed by atoms with E-state index in [1.807, 2.05) is 36.4 Å². The molecular weight excluding hydrogens is 424 g/mol. The summed E-state index contributed by atoms with van der Waals surface area (Å²) in [7, 11) is 1.63. The number of hydrogen-bond donors (Lipinski definition) is 1. The van der Waals surface area contributed by atoms with Gasteiger partial charge in [-0.25, -0.2) is 0 Å². The summed E-state index contributed by atoms with van der Waals surface area (Å²) in [5.41, 5.74) is 3.22. The Morgan fingerprint density at radius 2 is 1.84 bits per heavy atom. The number of carbonyl (C=O) groups is 2. The Hall–Kier alpha value is -3.26. The molecule has 0 unspecified atom stereocenters. The first-order valence-corrected chi connectivity index (χ1v) is 11.5. The molecule has 0 bridgehead atoms. The number of benzene rings is 2. The van der Waals surface area contributed by atoms with Crippen molar-refractivity contribution in [2.24, 2.45) is 0 Å². The van der Waals surface area contributed by atoms with Gasteiger partial charge in [-0.2, -0.15) is 0 Å². The van der Waals surface area contributed by atoms with E-state index in [1.165, 1.54) is 16.9 Å². The van der Waals surface area contributed by atoms with Crippen LogP contribution in [0.5, 0.6) is 5.75 Å². The van der Waals surface area contributed by atoms with Crippen LogP contribution in [-0.2, 0) is 22.4 Å².